The Hall–Kier alpha value is -8.66. The van der Waals surface area contributed by atoms with E-state index >= 15 is 0 Å². The molecule has 127 heavy (non-hydrogen) atoms. The smallest absolute Gasteiger partial charge is 0.270 e. The summed E-state index contributed by atoms with van der Waals surface area (Å²) in [6.07, 6.45) is 33.2. The lowest BCUT2D eigenvalue weighted by molar-refractivity contribution is -0.122. The van der Waals surface area contributed by atoms with Crippen LogP contribution in [0.4, 0.5) is 17.6 Å². The molecule has 8 bridgehead atoms. The average Bonchev–Trinajstić information content (AvgIpc) is 1.28. The molecule has 0 radical (unpaired) electrons. The number of carbonyl (C=O) groups is 7. The molecular weight excluding hydrogens is 1720 g/mol. The first kappa shape index (κ1) is 90.3. The largest absolute Gasteiger partial charge is 0.357 e. The number of halogens is 4. The van der Waals surface area contributed by atoms with Crippen molar-refractivity contribution in [2.75, 3.05) is 26.2 Å². The molecule has 6 aromatic rings. The number of piperidine rings is 2. The number of alkyl halides is 4. The number of rotatable bonds is 15. The molecule has 15 fully saturated rings. The number of aliphatic imine (C=N–C) groups is 5. The van der Waals surface area contributed by atoms with E-state index in [1.54, 1.807) is 73.1 Å². The Morgan fingerprint density at radius 2 is 0.803 bits per heavy atom. The van der Waals surface area contributed by atoms with E-state index in [1.165, 1.54) is 105 Å². The Bertz CT molecular complexity index is 4980. The quantitative estimate of drug-likeness (QED) is 0.0470. The van der Waals surface area contributed by atoms with E-state index in [-0.39, 0.29) is 95.2 Å². The van der Waals surface area contributed by atoms with Crippen molar-refractivity contribution < 1.29 is 51.1 Å². The normalized spacial score (nSPS) is 35.3. The van der Waals surface area contributed by atoms with Gasteiger partial charge in [0.25, 0.3) is 23.7 Å². The number of thioether (sulfide) groups is 5. The third kappa shape index (κ3) is 19.3. The van der Waals surface area contributed by atoms with Crippen LogP contribution in [0.1, 0.15) is 238 Å². The minimum atomic E-state index is -2.53. The maximum atomic E-state index is 13.6. The van der Waals surface area contributed by atoms with Crippen molar-refractivity contribution in [3.63, 3.8) is 0 Å². The Morgan fingerprint density at radius 3 is 1.13 bits per heavy atom. The number of nitrogens with zero attached hydrogens (tertiary/aromatic N) is 10. The molecule has 12 atom stereocenters. The Balaban J connectivity index is 0.000000112. The summed E-state index contributed by atoms with van der Waals surface area (Å²) >= 11 is 7.47. The van der Waals surface area contributed by atoms with Gasteiger partial charge in [-0.25, -0.2) is 17.6 Å². The van der Waals surface area contributed by atoms with Crippen LogP contribution >= 0.6 is 58.8 Å². The average molecular weight is 1830 g/mol. The zero-order chi connectivity index (χ0) is 89.1. The summed E-state index contributed by atoms with van der Waals surface area (Å²) in [6, 6.07) is 26.5. The molecule has 8 aliphatic carbocycles. The minimum Gasteiger partial charge on any atom is -0.357 e. The monoisotopic (exact) mass is 1830 g/mol. The number of amidine groups is 5. The Labute approximate surface area is 760 Å². The number of amides is 7. The lowest BCUT2D eigenvalue weighted by atomic mass is 9.87. The number of hydrogen-bond acceptors (Lipinski definition) is 20. The number of aryl methyl sites for hydroxylation is 1. The molecule has 21 rings (SSSR count). The summed E-state index contributed by atoms with van der Waals surface area (Å²) in [4.78, 5) is 134. The molecule has 7 N–H and O–H groups in total. The SMILES string of the molecule is C[C@@]1(CC2CCN(C(=O)c3ccc[nH]3)CC2)SC(=NC23CCC(CC2)C3)NC1=O.C[C@@]1(c2ccncc2)SC(=N[C@H]2C[C@H]3C[C@@H]2CC3(F)F)NC1=O.C[C@]1(CC2CCN(C(=O)c3ccc[nH]3)CC2)SC(=NC23CCC(CC2)C3)NC1=O.C[C@]1(c2ccncc2)SC(=N[C@H]2C[C@H]3C[C@@H]2CC3(F)F)NC1=O.Cc1ccc([C@@H](C)N=C2NC(=O)[C@](C)(c3ccncc3)S2)cc1. The van der Waals surface area contributed by atoms with Crippen molar-refractivity contribution in [2.24, 2.45) is 72.3 Å². The predicted molar refractivity (Wildman–Crippen MR) is 493 cm³/mol. The molecule has 7 aliphatic heterocycles. The summed E-state index contributed by atoms with van der Waals surface area (Å²) in [5, 5.41) is 18.2. The zero-order valence-corrected chi connectivity index (χ0v) is 76.9. The first-order valence-electron chi connectivity index (χ1n) is 45.0. The summed E-state index contributed by atoms with van der Waals surface area (Å²) in [5.41, 5.74) is 6.54. The molecule has 7 amide bonds. The van der Waals surface area contributed by atoms with Gasteiger partial charge in [0.2, 0.25) is 29.5 Å². The van der Waals surface area contributed by atoms with Crippen LogP contribution in [0.5, 0.6) is 0 Å². The molecule has 15 aliphatic rings. The van der Waals surface area contributed by atoms with Gasteiger partial charge in [-0.2, -0.15) is 0 Å². The topological polar surface area (TPSA) is 318 Å². The number of pyridine rings is 3. The van der Waals surface area contributed by atoms with Gasteiger partial charge < -0.3 is 46.4 Å². The molecule has 12 heterocycles. The highest BCUT2D eigenvalue weighted by Gasteiger charge is 2.60. The van der Waals surface area contributed by atoms with Gasteiger partial charge in [0.1, 0.15) is 25.6 Å². The number of hydrogen-bond donors (Lipinski definition) is 7. The maximum absolute atomic E-state index is 13.6. The summed E-state index contributed by atoms with van der Waals surface area (Å²) in [5.74, 6) is -3.56. The molecule has 8 saturated carbocycles. The van der Waals surface area contributed by atoms with Gasteiger partial charge in [-0.1, -0.05) is 88.6 Å². The van der Waals surface area contributed by atoms with E-state index in [2.05, 4.69) is 112 Å². The fourth-order valence-electron chi connectivity index (χ4n) is 21.8. The van der Waals surface area contributed by atoms with Crippen LogP contribution in [0.3, 0.4) is 0 Å². The summed E-state index contributed by atoms with van der Waals surface area (Å²) in [6.45, 7) is 16.9. The molecule has 5 aromatic heterocycles. The number of carbonyl (C=O) groups excluding carboxylic acids is 7. The number of aromatic amines is 2. The highest BCUT2D eigenvalue weighted by molar-refractivity contribution is 8.17. The van der Waals surface area contributed by atoms with Crippen LogP contribution < -0.4 is 26.6 Å². The van der Waals surface area contributed by atoms with Crippen molar-refractivity contribution in [2.45, 2.75) is 255 Å². The van der Waals surface area contributed by atoms with E-state index in [1.807, 2.05) is 98.2 Å². The Morgan fingerprint density at radius 1 is 0.449 bits per heavy atom. The predicted octanol–water partition coefficient (Wildman–Crippen LogP) is 16.6. The number of likely N-dealkylation sites (tertiary alicyclic amines) is 2. The number of benzene rings is 1. The second kappa shape index (κ2) is 36.2. The molecule has 1 aromatic carbocycles. The molecule has 7 saturated heterocycles. The van der Waals surface area contributed by atoms with E-state index in [9.17, 15) is 51.1 Å². The van der Waals surface area contributed by atoms with Crippen LogP contribution in [0.15, 0.2) is 159 Å². The number of fused-ring (bicyclic) bond motifs is 8. The molecular formula is C94H113F4N17O7S5. The van der Waals surface area contributed by atoms with Crippen LogP contribution in [0.25, 0.3) is 0 Å². The van der Waals surface area contributed by atoms with Gasteiger partial charge in [0.15, 0.2) is 25.8 Å². The van der Waals surface area contributed by atoms with Gasteiger partial charge >= 0.3 is 0 Å². The second-order valence-electron chi connectivity index (χ2n) is 38.5. The molecule has 24 nitrogen and oxygen atoms in total. The van der Waals surface area contributed by atoms with Gasteiger partial charge in [-0.15, -0.1) is 0 Å². The second-order valence-corrected chi connectivity index (χ2v) is 45.7. The van der Waals surface area contributed by atoms with Crippen molar-refractivity contribution in [1.29, 1.82) is 0 Å². The lowest BCUT2D eigenvalue weighted by Gasteiger charge is -2.34. The molecule has 0 spiro atoms. The lowest BCUT2D eigenvalue weighted by Crippen LogP contribution is -2.42. The van der Waals surface area contributed by atoms with E-state index in [4.69, 9.17) is 9.98 Å². The fraction of sp³-hybridized carbons (Fsp3) is 0.564. The highest BCUT2D eigenvalue weighted by atomic mass is 32.2. The number of nitrogens with one attached hydrogen (secondary N) is 7. The third-order valence-corrected chi connectivity index (χ3v) is 35.6. The maximum Gasteiger partial charge on any atom is 0.270 e. The van der Waals surface area contributed by atoms with E-state index in [0.29, 0.717) is 64.4 Å². The van der Waals surface area contributed by atoms with Crippen LogP contribution in [0, 0.1) is 54.3 Å². The van der Waals surface area contributed by atoms with Gasteiger partial charge in [0, 0.05) is 100 Å². The van der Waals surface area contributed by atoms with Gasteiger partial charge in [0.05, 0.1) is 38.7 Å². The zero-order valence-electron chi connectivity index (χ0n) is 72.8. The first-order chi connectivity index (χ1) is 60.6. The first-order valence-corrected chi connectivity index (χ1v) is 49.1. The van der Waals surface area contributed by atoms with Crippen LogP contribution in [-0.2, 0) is 38.2 Å². The molecule has 33 heteroatoms. The van der Waals surface area contributed by atoms with E-state index < -0.39 is 47.4 Å². The van der Waals surface area contributed by atoms with Gasteiger partial charge in [-0.3, -0.25) is 73.5 Å². The number of aromatic nitrogens is 5. The van der Waals surface area contributed by atoms with Crippen LogP contribution in [-0.4, -0.2) is 173 Å². The van der Waals surface area contributed by atoms with Crippen LogP contribution in [0.2, 0.25) is 0 Å². The van der Waals surface area contributed by atoms with Crippen molar-refractivity contribution in [3.8, 4) is 0 Å². The molecule has 674 valence electrons. The van der Waals surface area contributed by atoms with Crippen molar-refractivity contribution in [1.82, 2.24) is 61.3 Å². The summed E-state index contributed by atoms with van der Waals surface area (Å²) < 4.78 is 51.4. The molecule has 0 unspecified atom stereocenters. The van der Waals surface area contributed by atoms with Crippen molar-refractivity contribution >= 4 is 126 Å². The summed E-state index contributed by atoms with van der Waals surface area (Å²) in [7, 11) is 0. The Kier molecular flexibility index (Phi) is 25.8. The minimum absolute atomic E-state index is 0.00168. The number of H-pyrrole nitrogens is 2. The van der Waals surface area contributed by atoms with E-state index in [0.717, 1.165) is 109 Å². The standard InChI is InChI=1S/2C22H30N4O2S.C18H19N3OS.2C16H17F2N3OS/c2*1-21(13-16-6-11-26(12-7-16)18(27)17-3-2-10-23-17)19(28)24-20(29-21)25-22-8-4-15(14-22)5-9-22;1-12-4-6-14(7-5-12)13(2)20-17-21-16(22)18(3,23-17)15-8-10-19-11-9-15;2*1-15(10-2-4-19-5-3-10)13(22)21-14(23-15)20-12-7-11-6-9(12)8-16(11,17)18/h2*2-3,10,15-16,23H,4-9,11-14H2,1H3,(H,24,25,28);4-11,13H,1-3H3,(H,20,21,22);2*2-5,9,11-12H,6-8H2,1H3,(H,20,21,22)/t2*15?,21-,22?;13-,18+;9-,11-,12+,15+;9-,11-,12+,15-/m10111/s1. The van der Waals surface area contributed by atoms with Gasteiger partial charge in [-0.05, 0) is 295 Å². The van der Waals surface area contributed by atoms with Crippen molar-refractivity contribution in [3.05, 3.63) is 174 Å². The third-order valence-electron chi connectivity index (χ3n) is 29.5. The highest BCUT2D eigenvalue weighted by Crippen LogP contribution is 2.59. The fourth-order valence-corrected chi connectivity index (χ4v) is 27.7.